The minimum atomic E-state index is -3.65. The molecule has 1 aliphatic heterocycles. The molecule has 0 aromatic carbocycles. The fourth-order valence-electron chi connectivity index (χ4n) is 1.63. The van der Waals surface area contributed by atoms with Crippen LogP contribution in [0.3, 0.4) is 0 Å². The smallest absolute Gasteiger partial charge is 0.336 e. The summed E-state index contributed by atoms with van der Waals surface area (Å²) in [6.45, 7) is 4.01. The molecule has 2 N–H and O–H groups in total. The summed E-state index contributed by atoms with van der Waals surface area (Å²) in [4.78, 5) is 3.57. The highest BCUT2D eigenvalue weighted by Crippen LogP contribution is 2.43. The number of aliphatic imine (C=N–C) groups is 1. The van der Waals surface area contributed by atoms with E-state index in [1.807, 2.05) is 0 Å². The average Bonchev–Trinajstić information content (AvgIpc) is 1.80. The first-order valence-electron chi connectivity index (χ1n) is 4.01. The van der Waals surface area contributed by atoms with Crippen molar-refractivity contribution in [2.75, 3.05) is 0 Å². The van der Waals surface area contributed by atoms with Crippen molar-refractivity contribution in [1.29, 1.82) is 0 Å². The number of halogens is 3. The predicted molar refractivity (Wildman–Crippen MR) is 44.8 cm³/mol. The Bertz CT molecular complexity index is 256. The quantitative estimate of drug-likeness (QED) is 0.628. The predicted octanol–water partition coefficient (Wildman–Crippen LogP) is 1.89. The molecule has 0 aliphatic carbocycles. The van der Waals surface area contributed by atoms with E-state index in [0.29, 0.717) is 0 Å². The number of nitrogens with zero attached hydrogens (tertiary/aromatic N) is 1. The molecular formula is C8H13F3N2. The third-order valence-electron chi connectivity index (χ3n) is 2.16. The van der Waals surface area contributed by atoms with Crippen molar-refractivity contribution in [3.63, 3.8) is 0 Å². The molecule has 76 valence electrons. The number of nitrogens with two attached hydrogens (primary N) is 1. The Kier molecular flexibility index (Phi) is 1.90. The van der Waals surface area contributed by atoms with Crippen LogP contribution in [0.1, 0.15) is 27.2 Å². The Morgan fingerprint density at radius 1 is 1.23 bits per heavy atom. The molecule has 0 amide bonds. The van der Waals surface area contributed by atoms with Crippen LogP contribution in [-0.4, -0.2) is 23.0 Å². The number of rotatable bonds is 0. The fraction of sp³-hybridized carbons (Fsp3) is 0.875. The second-order valence-corrected chi connectivity index (χ2v) is 4.26. The second-order valence-electron chi connectivity index (χ2n) is 4.26. The third-order valence-corrected chi connectivity index (χ3v) is 2.16. The summed E-state index contributed by atoms with van der Waals surface area (Å²) < 4.78 is 39.7. The maximum atomic E-state index is 13.5. The van der Waals surface area contributed by atoms with Gasteiger partial charge < -0.3 is 5.73 Å². The highest BCUT2D eigenvalue weighted by Gasteiger charge is 2.59. The molecule has 1 aliphatic rings. The van der Waals surface area contributed by atoms with Crippen molar-refractivity contribution in [2.24, 2.45) is 10.7 Å². The molecule has 0 saturated heterocycles. The summed E-state index contributed by atoms with van der Waals surface area (Å²) in [7, 11) is 0. The molecule has 0 aromatic rings. The van der Waals surface area contributed by atoms with Crippen molar-refractivity contribution >= 4 is 5.84 Å². The highest BCUT2D eigenvalue weighted by molar-refractivity contribution is 5.89. The molecule has 1 heterocycles. The maximum Gasteiger partial charge on any atom is 0.336 e. The largest absolute Gasteiger partial charge is 0.382 e. The molecule has 0 aromatic heterocycles. The van der Waals surface area contributed by atoms with Crippen molar-refractivity contribution in [1.82, 2.24) is 0 Å². The van der Waals surface area contributed by atoms with Crippen molar-refractivity contribution in [2.45, 2.75) is 44.3 Å². The summed E-state index contributed by atoms with van der Waals surface area (Å²) in [5.41, 5.74) is 1.56. The first kappa shape index (κ1) is 10.3. The van der Waals surface area contributed by atoms with E-state index in [0.717, 1.165) is 6.92 Å². The van der Waals surface area contributed by atoms with Crippen LogP contribution in [0.4, 0.5) is 13.2 Å². The molecule has 0 saturated carbocycles. The summed E-state index contributed by atoms with van der Waals surface area (Å²) in [5.74, 6) is -4.56. The SMILES string of the molecule is CC1(C)CC(C)(F)C(F)(F)C(N)=N1. The normalized spacial score (nSPS) is 36.9. The zero-order chi connectivity index (χ0) is 10.5. The lowest BCUT2D eigenvalue weighted by Gasteiger charge is -2.39. The lowest BCUT2D eigenvalue weighted by Crippen LogP contribution is -2.58. The number of amidine groups is 1. The highest BCUT2D eigenvalue weighted by atomic mass is 19.3. The van der Waals surface area contributed by atoms with Gasteiger partial charge in [-0.25, -0.2) is 4.39 Å². The Hall–Kier alpha value is -0.740. The van der Waals surface area contributed by atoms with Crippen LogP contribution in [0.5, 0.6) is 0 Å². The molecule has 5 heteroatoms. The van der Waals surface area contributed by atoms with Gasteiger partial charge in [-0.3, -0.25) is 4.99 Å². The van der Waals surface area contributed by atoms with Gasteiger partial charge in [-0.1, -0.05) is 0 Å². The molecule has 0 spiro atoms. The van der Waals surface area contributed by atoms with Gasteiger partial charge in [-0.05, 0) is 20.8 Å². The zero-order valence-electron chi connectivity index (χ0n) is 7.87. The van der Waals surface area contributed by atoms with Gasteiger partial charge in [-0.2, -0.15) is 8.78 Å². The number of hydrogen-bond donors (Lipinski definition) is 1. The minimum absolute atomic E-state index is 0.326. The topological polar surface area (TPSA) is 38.4 Å². The Morgan fingerprint density at radius 3 is 2.08 bits per heavy atom. The summed E-state index contributed by atoms with van der Waals surface area (Å²) in [6, 6.07) is 0. The molecule has 2 nitrogen and oxygen atoms in total. The standard InChI is InChI=1S/C8H13F3N2/c1-6(2)4-7(3,9)8(10,11)5(12)13-6/h4H2,1-3H3,(H2,12,13). The molecule has 1 atom stereocenters. The lowest BCUT2D eigenvalue weighted by molar-refractivity contribution is -0.0941. The van der Waals surface area contributed by atoms with E-state index in [-0.39, 0.29) is 6.42 Å². The van der Waals surface area contributed by atoms with Crippen LogP contribution >= 0.6 is 0 Å². The summed E-state index contributed by atoms with van der Waals surface area (Å²) in [6.07, 6.45) is -0.326. The van der Waals surface area contributed by atoms with Gasteiger partial charge in [0.25, 0.3) is 0 Å². The maximum absolute atomic E-state index is 13.5. The summed E-state index contributed by atoms with van der Waals surface area (Å²) >= 11 is 0. The molecule has 1 unspecified atom stereocenters. The summed E-state index contributed by atoms with van der Waals surface area (Å²) in [5, 5.41) is 0. The Balaban J connectivity index is 3.18. The monoisotopic (exact) mass is 194 g/mol. The van der Waals surface area contributed by atoms with E-state index < -0.39 is 23.0 Å². The van der Waals surface area contributed by atoms with Gasteiger partial charge in [0.05, 0.1) is 5.54 Å². The Labute approximate surface area is 75.0 Å². The molecular weight excluding hydrogens is 181 g/mol. The molecule has 13 heavy (non-hydrogen) atoms. The first-order valence-corrected chi connectivity index (χ1v) is 4.01. The Morgan fingerprint density at radius 2 is 1.69 bits per heavy atom. The minimum Gasteiger partial charge on any atom is -0.382 e. The van der Waals surface area contributed by atoms with Crippen LogP contribution in [-0.2, 0) is 0 Å². The zero-order valence-corrected chi connectivity index (χ0v) is 7.87. The van der Waals surface area contributed by atoms with Crippen LogP contribution in [0.15, 0.2) is 4.99 Å². The van der Waals surface area contributed by atoms with Crippen LogP contribution in [0.2, 0.25) is 0 Å². The van der Waals surface area contributed by atoms with E-state index >= 15 is 0 Å². The lowest BCUT2D eigenvalue weighted by atomic mass is 9.82. The van der Waals surface area contributed by atoms with Crippen molar-refractivity contribution in [3.05, 3.63) is 0 Å². The first-order chi connectivity index (χ1) is 5.58. The molecule has 0 radical (unpaired) electrons. The van der Waals surface area contributed by atoms with Crippen LogP contribution in [0, 0.1) is 0 Å². The van der Waals surface area contributed by atoms with Gasteiger partial charge in [0.2, 0.25) is 0 Å². The van der Waals surface area contributed by atoms with Gasteiger partial charge in [0.15, 0.2) is 11.5 Å². The molecule has 0 fully saturated rings. The van der Waals surface area contributed by atoms with E-state index in [2.05, 4.69) is 4.99 Å². The average molecular weight is 194 g/mol. The van der Waals surface area contributed by atoms with Crippen molar-refractivity contribution in [3.8, 4) is 0 Å². The van der Waals surface area contributed by atoms with Gasteiger partial charge in [0.1, 0.15) is 0 Å². The van der Waals surface area contributed by atoms with Crippen LogP contribution in [0.25, 0.3) is 0 Å². The van der Waals surface area contributed by atoms with E-state index in [9.17, 15) is 13.2 Å². The van der Waals surface area contributed by atoms with Crippen molar-refractivity contribution < 1.29 is 13.2 Å². The second kappa shape index (κ2) is 2.39. The third kappa shape index (κ3) is 1.51. The van der Waals surface area contributed by atoms with Gasteiger partial charge in [-0.15, -0.1) is 0 Å². The van der Waals surface area contributed by atoms with E-state index in [4.69, 9.17) is 5.73 Å². The van der Waals surface area contributed by atoms with Gasteiger partial charge >= 0.3 is 5.92 Å². The number of hydrogen-bond acceptors (Lipinski definition) is 2. The van der Waals surface area contributed by atoms with Crippen LogP contribution < -0.4 is 5.73 Å². The van der Waals surface area contributed by atoms with Gasteiger partial charge in [0, 0.05) is 6.42 Å². The van der Waals surface area contributed by atoms with E-state index in [1.165, 1.54) is 0 Å². The fourth-order valence-corrected chi connectivity index (χ4v) is 1.63. The van der Waals surface area contributed by atoms with E-state index in [1.54, 1.807) is 13.8 Å². The molecule has 0 bridgehead atoms. The number of alkyl halides is 3. The molecule has 1 rings (SSSR count).